The van der Waals surface area contributed by atoms with E-state index in [0.29, 0.717) is 0 Å². The maximum absolute atomic E-state index is 5.43. The predicted molar refractivity (Wildman–Crippen MR) is 82.9 cm³/mol. The molecule has 1 heterocycles. The van der Waals surface area contributed by atoms with Crippen molar-refractivity contribution in [1.29, 1.82) is 0 Å². The summed E-state index contributed by atoms with van der Waals surface area (Å²) in [4.78, 5) is 1.69. The zero-order valence-corrected chi connectivity index (χ0v) is 11.5. The third-order valence-electron chi connectivity index (χ3n) is 3.58. The molecule has 0 N–H and O–H groups in total. The van der Waals surface area contributed by atoms with Crippen molar-refractivity contribution < 1.29 is 4.74 Å². The minimum atomic E-state index is 0.853. The Hall–Kier alpha value is -2.88. The molecule has 4 heteroatoms. The van der Waals surface area contributed by atoms with Crippen LogP contribution in [0.15, 0.2) is 60.7 Å². The Morgan fingerprint density at radius 3 is 2.05 bits per heavy atom. The maximum atomic E-state index is 5.43. The summed E-state index contributed by atoms with van der Waals surface area (Å²) in [7, 11) is 1.68. The van der Waals surface area contributed by atoms with Crippen LogP contribution in [0.4, 0.5) is 0 Å². The number of ether oxygens (including phenoxy) is 1. The number of hydrogen-bond acceptors (Lipinski definition) is 3. The van der Waals surface area contributed by atoms with Crippen LogP contribution in [-0.2, 0) is 0 Å². The van der Waals surface area contributed by atoms with Crippen molar-refractivity contribution in [2.24, 2.45) is 0 Å². The molecule has 4 aromatic rings. The summed E-state index contributed by atoms with van der Waals surface area (Å²) >= 11 is 0. The Kier molecular flexibility index (Phi) is 2.60. The highest BCUT2D eigenvalue weighted by Crippen LogP contribution is 2.30. The highest BCUT2D eigenvalue weighted by atomic mass is 16.5. The van der Waals surface area contributed by atoms with E-state index < -0.39 is 0 Å². The van der Waals surface area contributed by atoms with Gasteiger partial charge in [0.2, 0.25) is 0 Å². The fraction of sp³-hybridized carbons (Fsp3) is 0.0588. The van der Waals surface area contributed by atoms with Gasteiger partial charge in [-0.25, -0.2) is 0 Å². The van der Waals surface area contributed by atoms with Gasteiger partial charge in [-0.05, 0) is 24.3 Å². The van der Waals surface area contributed by atoms with E-state index in [2.05, 4.69) is 16.3 Å². The molecule has 0 saturated heterocycles. The van der Waals surface area contributed by atoms with Gasteiger partial charge in [-0.1, -0.05) is 36.4 Å². The van der Waals surface area contributed by atoms with Crippen LogP contribution < -0.4 is 4.74 Å². The summed E-state index contributed by atoms with van der Waals surface area (Å²) in [5.74, 6) is 0.853. The molecule has 0 fully saturated rings. The molecule has 0 aliphatic heterocycles. The number of nitrogens with zero attached hydrogens (tertiary/aromatic N) is 3. The van der Waals surface area contributed by atoms with Gasteiger partial charge in [0.15, 0.2) is 0 Å². The molecule has 4 nitrogen and oxygen atoms in total. The SMILES string of the molecule is COc1ccc(-n2nc3ccccc3n2)c2ccccc12. The van der Waals surface area contributed by atoms with Gasteiger partial charge in [-0.2, -0.15) is 0 Å². The summed E-state index contributed by atoms with van der Waals surface area (Å²) in [6.45, 7) is 0. The van der Waals surface area contributed by atoms with Crippen LogP contribution in [0.5, 0.6) is 5.75 Å². The molecular weight excluding hydrogens is 262 g/mol. The lowest BCUT2D eigenvalue weighted by molar-refractivity contribution is 0.419. The van der Waals surface area contributed by atoms with E-state index in [4.69, 9.17) is 4.74 Å². The fourth-order valence-electron chi connectivity index (χ4n) is 2.58. The standard InChI is InChI=1S/C17H13N3O/c1-21-17-11-10-16(12-6-2-3-7-13(12)17)20-18-14-8-4-5-9-15(14)19-20/h2-11H,1H3. The molecule has 3 aromatic carbocycles. The average molecular weight is 275 g/mol. The number of rotatable bonds is 2. The molecule has 102 valence electrons. The van der Waals surface area contributed by atoms with Crippen molar-refractivity contribution >= 4 is 21.8 Å². The Bertz CT molecular complexity index is 910. The molecule has 0 aliphatic rings. The van der Waals surface area contributed by atoms with Crippen LogP contribution in [0.2, 0.25) is 0 Å². The van der Waals surface area contributed by atoms with Gasteiger partial charge in [0.1, 0.15) is 16.8 Å². The first-order valence-corrected chi connectivity index (χ1v) is 6.75. The van der Waals surface area contributed by atoms with E-state index in [1.807, 2.05) is 54.6 Å². The van der Waals surface area contributed by atoms with Crippen LogP contribution in [0.1, 0.15) is 0 Å². The Balaban J connectivity index is 2.02. The lowest BCUT2D eigenvalue weighted by Crippen LogP contribution is -2.00. The lowest BCUT2D eigenvalue weighted by Gasteiger charge is -2.09. The molecule has 0 spiro atoms. The first-order valence-electron chi connectivity index (χ1n) is 6.75. The molecule has 0 radical (unpaired) electrons. The molecule has 4 rings (SSSR count). The molecule has 0 atom stereocenters. The third kappa shape index (κ3) is 1.84. The molecule has 0 unspecified atom stereocenters. The predicted octanol–water partition coefficient (Wildman–Crippen LogP) is 3.58. The second kappa shape index (κ2) is 4.59. The largest absolute Gasteiger partial charge is 0.496 e. The Morgan fingerprint density at radius 2 is 1.38 bits per heavy atom. The molecule has 1 aromatic heterocycles. The van der Waals surface area contributed by atoms with Crippen molar-refractivity contribution in [2.75, 3.05) is 7.11 Å². The average Bonchev–Trinajstić information content (AvgIpc) is 2.97. The van der Waals surface area contributed by atoms with Gasteiger partial charge >= 0.3 is 0 Å². The highest BCUT2D eigenvalue weighted by Gasteiger charge is 2.10. The van der Waals surface area contributed by atoms with Crippen molar-refractivity contribution in [3.8, 4) is 11.4 Å². The minimum absolute atomic E-state index is 0.853. The molecule has 21 heavy (non-hydrogen) atoms. The van der Waals surface area contributed by atoms with E-state index in [0.717, 1.165) is 33.2 Å². The summed E-state index contributed by atoms with van der Waals surface area (Å²) < 4.78 is 5.43. The van der Waals surface area contributed by atoms with Crippen LogP contribution in [0.3, 0.4) is 0 Å². The van der Waals surface area contributed by atoms with E-state index in [1.165, 1.54) is 0 Å². The summed E-state index contributed by atoms with van der Waals surface area (Å²) in [6.07, 6.45) is 0. The van der Waals surface area contributed by atoms with E-state index in [9.17, 15) is 0 Å². The maximum Gasteiger partial charge on any atom is 0.126 e. The number of aromatic nitrogens is 3. The second-order valence-corrected chi connectivity index (χ2v) is 4.81. The summed E-state index contributed by atoms with van der Waals surface area (Å²) in [6, 6.07) is 19.9. The topological polar surface area (TPSA) is 39.9 Å². The number of hydrogen-bond donors (Lipinski definition) is 0. The smallest absolute Gasteiger partial charge is 0.126 e. The molecule has 0 bridgehead atoms. The number of methoxy groups -OCH3 is 1. The number of benzene rings is 3. The van der Waals surface area contributed by atoms with Gasteiger partial charge < -0.3 is 4.74 Å². The fourth-order valence-corrected chi connectivity index (χ4v) is 2.58. The Labute approximate surface area is 121 Å². The van der Waals surface area contributed by atoms with Crippen LogP contribution in [0.25, 0.3) is 27.5 Å². The first kappa shape index (κ1) is 11.9. The van der Waals surface area contributed by atoms with Crippen LogP contribution >= 0.6 is 0 Å². The van der Waals surface area contributed by atoms with Crippen molar-refractivity contribution in [3.05, 3.63) is 60.7 Å². The van der Waals surface area contributed by atoms with Crippen LogP contribution in [0, 0.1) is 0 Å². The van der Waals surface area contributed by atoms with Gasteiger partial charge in [0, 0.05) is 10.8 Å². The quantitative estimate of drug-likeness (QED) is 0.561. The van der Waals surface area contributed by atoms with Crippen LogP contribution in [-0.4, -0.2) is 22.1 Å². The van der Waals surface area contributed by atoms with E-state index in [1.54, 1.807) is 11.9 Å². The van der Waals surface area contributed by atoms with Crippen molar-refractivity contribution in [3.63, 3.8) is 0 Å². The molecule has 0 aliphatic carbocycles. The molecule has 0 amide bonds. The van der Waals surface area contributed by atoms with E-state index >= 15 is 0 Å². The minimum Gasteiger partial charge on any atom is -0.496 e. The monoisotopic (exact) mass is 275 g/mol. The van der Waals surface area contributed by atoms with Crippen molar-refractivity contribution in [1.82, 2.24) is 15.0 Å². The normalized spacial score (nSPS) is 11.1. The second-order valence-electron chi connectivity index (χ2n) is 4.81. The zero-order chi connectivity index (χ0) is 14.2. The number of fused-ring (bicyclic) bond motifs is 2. The highest BCUT2D eigenvalue weighted by molar-refractivity contribution is 5.94. The van der Waals surface area contributed by atoms with E-state index in [-0.39, 0.29) is 0 Å². The third-order valence-corrected chi connectivity index (χ3v) is 3.58. The van der Waals surface area contributed by atoms with Gasteiger partial charge in [-0.15, -0.1) is 15.0 Å². The van der Waals surface area contributed by atoms with Crippen molar-refractivity contribution in [2.45, 2.75) is 0 Å². The first-order chi connectivity index (χ1) is 10.4. The van der Waals surface area contributed by atoms with Gasteiger partial charge in [-0.3, -0.25) is 0 Å². The zero-order valence-electron chi connectivity index (χ0n) is 11.5. The Morgan fingerprint density at radius 1 is 0.762 bits per heavy atom. The summed E-state index contributed by atoms with van der Waals surface area (Å²) in [5, 5.41) is 11.2. The lowest BCUT2D eigenvalue weighted by atomic mass is 10.1. The van der Waals surface area contributed by atoms with Gasteiger partial charge in [0.25, 0.3) is 0 Å². The molecule has 0 saturated carbocycles. The van der Waals surface area contributed by atoms with Gasteiger partial charge in [0.05, 0.1) is 12.8 Å². The molecular formula is C17H13N3O. The summed E-state index contributed by atoms with van der Waals surface area (Å²) in [5.41, 5.74) is 2.72.